The highest BCUT2D eigenvalue weighted by molar-refractivity contribution is 6.09. The van der Waals surface area contributed by atoms with Gasteiger partial charge in [0, 0.05) is 70.2 Å². The predicted octanol–water partition coefficient (Wildman–Crippen LogP) is 6.00. The third-order valence-corrected chi connectivity index (χ3v) is 8.98. The van der Waals surface area contributed by atoms with E-state index in [1.807, 2.05) is 38.0 Å². The lowest BCUT2D eigenvalue weighted by molar-refractivity contribution is -0.384. The lowest BCUT2D eigenvalue weighted by Crippen LogP contribution is -2.36. The number of hydrazone groups is 1. The monoisotopic (exact) mass is 608 g/mol. The molecule has 0 N–H and O–H groups in total. The van der Waals surface area contributed by atoms with Gasteiger partial charge in [-0.2, -0.15) is 5.10 Å². The van der Waals surface area contributed by atoms with Gasteiger partial charge in [0.1, 0.15) is 5.69 Å². The highest BCUT2D eigenvalue weighted by Gasteiger charge is 2.44. The number of amides is 1. The average Bonchev–Trinajstić information content (AvgIpc) is 3.45. The molecule has 45 heavy (non-hydrogen) atoms. The van der Waals surface area contributed by atoms with Crippen LogP contribution in [0, 0.1) is 16.0 Å². The minimum Gasteiger partial charge on any atom is -0.378 e. The van der Waals surface area contributed by atoms with E-state index in [1.54, 1.807) is 17.1 Å². The second-order valence-electron chi connectivity index (χ2n) is 12.3. The quantitative estimate of drug-likeness (QED) is 0.240. The number of morpholine rings is 1. The van der Waals surface area contributed by atoms with Gasteiger partial charge in [-0.25, -0.2) is 5.01 Å². The number of anilines is 3. The first kappa shape index (κ1) is 30.3. The molecule has 1 amide bonds. The van der Waals surface area contributed by atoms with E-state index in [1.165, 1.54) is 6.07 Å². The molecule has 0 bridgehead atoms. The number of allylic oxidation sites excluding steroid dienone is 1. The number of ether oxygens (including phenoxy) is 1. The molecule has 6 rings (SSSR count). The Hall–Kier alpha value is -4.70. The fourth-order valence-corrected chi connectivity index (χ4v) is 6.55. The van der Waals surface area contributed by atoms with Crippen LogP contribution < -0.4 is 14.7 Å². The largest absolute Gasteiger partial charge is 0.378 e. The summed E-state index contributed by atoms with van der Waals surface area (Å²) in [7, 11) is 8.04. The number of nitrogens with zero attached hydrogens (tertiary/aromatic N) is 6. The lowest BCUT2D eigenvalue weighted by Gasteiger charge is -2.30. The zero-order valence-electron chi connectivity index (χ0n) is 26.3. The maximum Gasteiger partial charge on any atom is 0.293 e. The number of nitro groups is 1. The molecule has 3 aromatic rings. The molecule has 234 valence electrons. The number of nitro benzene ring substituents is 1. The van der Waals surface area contributed by atoms with Crippen LogP contribution >= 0.6 is 0 Å². The number of fused-ring (bicyclic) bond motifs is 1. The summed E-state index contributed by atoms with van der Waals surface area (Å²) in [5.41, 5.74) is 7.00. The van der Waals surface area contributed by atoms with Crippen molar-refractivity contribution in [2.24, 2.45) is 11.0 Å². The Balaban J connectivity index is 1.39. The second kappa shape index (κ2) is 12.7. The van der Waals surface area contributed by atoms with Crippen molar-refractivity contribution in [2.45, 2.75) is 25.3 Å². The fraction of sp³-hybridized carbons (Fsp3) is 0.371. The van der Waals surface area contributed by atoms with E-state index in [4.69, 9.17) is 9.84 Å². The summed E-state index contributed by atoms with van der Waals surface area (Å²) in [6.07, 6.45) is 4.94. The second-order valence-corrected chi connectivity index (χ2v) is 12.3. The smallest absolute Gasteiger partial charge is 0.293 e. The van der Waals surface area contributed by atoms with Crippen molar-refractivity contribution in [1.29, 1.82) is 0 Å². The predicted molar refractivity (Wildman–Crippen MR) is 179 cm³/mol. The van der Waals surface area contributed by atoms with Crippen molar-refractivity contribution in [3.8, 4) is 0 Å². The van der Waals surface area contributed by atoms with Crippen LogP contribution in [0.5, 0.6) is 0 Å². The number of hydrogen-bond acceptors (Lipinski definition) is 8. The van der Waals surface area contributed by atoms with E-state index < -0.39 is 4.92 Å². The number of carbonyl (C=O) groups excluding carboxylic acids is 1. The van der Waals surface area contributed by atoms with Gasteiger partial charge < -0.3 is 19.4 Å². The van der Waals surface area contributed by atoms with E-state index in [9.17, 15) is 14.9 Å². The van der Waals surface area contributed by atoms with Crippen LogP contribution in [-0.4, -0.2) is 76.0 Å². The Morgan fingerprint density at radius 2 is 1.60 bits per heavy atom. The molecule has 2 unspecified atom stereocenters. The molecule has 2 atom stereocenters. The summed E-state index contributed by atoms with van der Waals surface area (Å²) in [5, 5.41) is 18.8. The van der Waals surface area contributed by atoms with Crippen LogP contribution in [0.1, 0.15) is 46.8 Å². The van der Waals surface area contributed by atoms with Gasteiger partial charge in [-0.15, -0.1) is 0 Å². The van der Waals surface area contributed by atoms with Crippen LogP contribution in [0.25, 0.3) is 6.08 Å². The fourth-order valence-electron chi connectivity index (χ4n) is 6.55. The molecule has 2 aliphatic heterocycles. The maximum atomic E-state index is 14.3. The van der Waals surface area contributed by atoms with E-state index in [2.05, 4.69) is 59.5 Å². The van der Waals surface area contributed by atoms with Gasteiger partial charge in [-0.1, -0.05) is 24.3 Å². The molecule has 0 aromatic heterocycles. The molecule has 3 aromatic carbocycles. The molecular formula is C35H40N6O4. The molecule has 0 spiro atoms. The summed E-state index contributed by atoms with van der Waals surface area (Å²) < 4.78 is 5.44. The van der Waals surface area contributed by atoms with Gasteiger partial charge in [-0.05, 0) is 78.4 Å². The third kappa shape index (κ3) is 6.15. The Morgan fingerprint density at radius 3 is 2.22 bits per heavy atom. The van der Waals surface area contributed by atoms with Crippen LogP contribution in [-0.2, 0) is 4.74 Å². The van der Waals surface area contributed by atoms with Crippen molar-refractivity contribution in [3.63, 3.8) is 0 Å². The molecule has 10 heteroatoms. The van der Waals surface area contributed by atoms with Crippen LogP contribution in [0.15, 0.2) is 77.4 Å². The van der Waals surface area contributed by atoms with Crippen LogP contribution in [0.2, 0.25) is 0 Å². The SMILES string of the molecule is CN(C)c1ccc(C=C2CCCC3C2=NN(C(=O)c2ccc(N4CCOCC4)c([N+](=O)[O-])c2)C3c2ccc(N(C)C)cc2)cc1. The Bertz CT molecular complexity index is 1620. The van der Waals surface area contributed by atoms with Gasteiger partial charge in [0.05, 0.1) is 29.9 Å². The molecule has 1 aliphatic carbocycles. The lowest BCUT2D eigenvalue weighted by atomic mass is 9.77. The third-order valence-electron chi connectivity index (χ3n) is 8.98. The molecule has 0 radical (unpaired) electrons. The number of carbonyl (C=O) groups is 1. The topological polar surface area (TPSA) is 94.8 Å². The summed E-state index contributed by atoms with van der Waals surface area (Å²) in [4.78, 5) is 32.2. The van der Waals surface area contributed by atoms with E-state index in [-0.39, 0.29) is 29.1 Å². The zero-order valence-corrected chi connectivity index (χ0v) is 26.3. The standard InChI is InChI=1S/C35H40N6O4/c1-37(2)28-13-8-24(9-14-28)22-26-6-5-7-30-33(26)36-40(34(30)25-10-15-29(16-11-25)38(3)4)35(42)27-12-17-31(32(23-27)41(43)44)39-18-20-45-21-19-39/h8-17,22-23,30,34H,5-7,18-21H2,1-4H3. The minimum absolute atomic E-state index is 0.0165. The molecule has 1 saturated heterocycles. The van der Waals surface area contributed by atoms with Gasteiger partial charge in [0.2, 0.25) is 0 Å². The number of benzene rings is 3. The molecular weight excluding hydrogens is 568 g/mol. The van der Waals surface area contributed by atoms with Gasteiger partial charge in [0.25, 0.3) is 11.6 Å². The zero-order chi connectivity index (χ0) is 31.7. The van der Waals surface area contributed by atoms with Crippen molar-refractivity contribution in [1.82, 2.24) is 5.01 Å². The highest BCUT2D eigenvalue weighted by Crippen LogP contribution is 2.45. The first-order chi connectivity index (χ1) is 21.7. The van der Waals surface area contributed by atoms with Crippen molar-refractivity contribution >= 4 is 40.4 Å². The van der Waals surface area contributed by atoms with Crippen LogP contribution in [0.3, 0.4) is 0 Å². The Kier molecular flexibility index (Phi) is 8.58. The van der Waals surface area contributed by atoms with Crippen LogP contribution in [0.4, 0.5) is 22.7 Å². The van der Waals surface area contributed by atoms with E-state index in [0.717, 1.165) is 53.0 Å². The summed E-state index contributed by atoms with van der Waals surface area (Å²) in [6, 6.07) is 21.1. The first-order valence-electron chi connectivity index (χ1n) is 15.5. The van der Waals surface area contributed by atoms with Gasteiger partial charge in [0.15, 0.2) is 0 Å². The molecule has 2 fully saturated rings. The Labute approximate surface area is 264 Å². The van der Waals surface area contributed by atoms with Crippen molar-refractivity contribution in [3.05, 3.63) is 99.1 Å². The number of hydrogen-bond donors (Lipinski definition) is 0. The molecule has 1 saturated carbocycles. The van der Waals surface area contributed by atoms with E-state index in [0.29, 0.717) is 32.0 Å². The van der Waals surface area contributed by atoms with Crippen molar-refractivity contribution in [2.75, 3.05) is 69.2 Å². The maximum absolute atomic E-state index is 14.3. The normalized spacial score (nSPS) is 20.5. The average molecular weight is 609 g/mol. The van der Waals surface area contributed by atoms with Gasteiger partial charge >= 0.3 is 0 Å². The summed E-state index contributed by atoms with van der Waals surface area (Å²) in [6.45, 7) is 2.14. The molecule has 3 aliphatic rings. The highest BCUT2D eigenvalue weighted by atomic mass is 16.6. The summed E-state index contributed by atoms with van der Waals surface area (Å²) in [5.74, 6) is -0.326. The molecule has 10 nitrogen and oxygen atoms in total. The number of rotatable bonds is 7. The molecule has 2 heterocycles. The van der Waals surface area contributed by atoms with Crippen molar-refractivity contribution < 1.29 is 14.5 Å². The minimum atomic E-state index is -0.406. The van der Waals surface area contributed by atoms with Gasteiger partial charge in [-0.3, -0.25) is 14.9 Å². The Morgan fingerprint density at radius 1 is 0.956 bits per heavy atom. The first-order valence-corrected chi connectivity index (χ1v) is 15.5. The summed E-state index contributed by atoms with van der Waals surface area (Å²) >= 11 is 0. The van der Waals surface area contributed by atoms with E-state index >= 15 is 0 Å².